The van der Waals surface area contributed by atoms with Crippen LogP contribution in [0.15, 0.2) is 12.5 Å². The second-order valence-corrected chi connectivity index (χ2v) is 6.36. The predicted molar refractivity (Wildman–Crippen MR) is 84.2 cm³/mol. The lowest BCUT2D eigenvalue weighted by Gasteiger charge is -2.34. The van der Waals surface area contributed by atoms with Gasteiger partial charge in [-0.05, 0) is 18.3 Å². The highest BCUT2D eigenvalue weighted by Crippen LogP contribution is 2.21. The summed E-state index contributed by atoms with van der Waals surface area (Å²) in [5.74, 6) is 2.49. The van der Waals surface area contributed by atoms with E-state index in [-0.39, 0.29) is 0 Å². The number of piperidine rings is 1. The predicted octanol–water partition coefficient (Wildman–Crippen LogP) is 1.75. The minimum atomic E-state index is 0.804. The summed E-state index contributed by atoms with van der Waals surface area (Å²) in [6.45, 7) is 9.07. The summed E-state index contributed by atoms with van der Waals surface area (Å²) in [4.78, 5) is 11.1. The third-order valence-electron chi connectivity index (χ3n) is 4.19. The summed E-state index contributed by atoms with van der Waals surface area (Å²) < 4.78 is 1.77. The second-order valence-electron chi connectivity index (χ2n) is 6.36. The summed E-state index contributed by atoms with van der Waals surface area (Å²) in [5, 5.41) is 8.66. The van der Waals surface area contributed by atoms with Crippen molar-refractivity contribution in [1.29, 1.82) is 0 Å². The van der Waals surface area contributed by atoms with Gasteiger partial charge in [0.15, 0.2) is 5.65 Å². The van der Waals surface area contributed by atoms with Gasteiger partial charge in [0.2, 0.25) is 0 Å². The Kier molecular flexibility index (Phi) is 4.05. The highest BCUT2D eigenvalue weighted by Gasteiger charge is 2.21. The molecule has 1 saturated heterocycles. The van der Waals surface area contributed by atoms with Gasteiger partial charge < -0.3 is 10.2 Å². The third-order valence-corrected chi connectivity index (χ3v) is 4.19. The number of aromatic nitrogens is 4. The van der Waals surface area contributed by atoms with Gasteiger partial charge in [-0.1, -0.05) is 13.8 Å². The summed E-state index contributed by atoms with van der Waals surface area (Å²) in [6.07, 6.45) is 4.77. The Labute approximate surface area is 125 Å². The van der Waals surface area contributed by atoms with E-state index >= 15 is 0 Å². The maximum Gasteiger partial charge on any atom is 0.163 e. The van der Waals surface area contributed by atoms with Crippen LogP contribution in [0.2, 0.25) is 0 Å². The van der Waals surface area contributed by atoms with E-state index < -0.39 is 0 Å². The van der Waals surface area contributed by atoms with E-state index in [1.54, 1.807) is 11.0 Å². The van der Waals surface area contributed by atoms with Gasteiger partial charge in [0.25, 0.3) is 0 Å². The van der Waals surface area contributed by atoms with Crippen molar-refractivity contribution < 1.29 is 0 Å². The van der Waals surface area contributed by atoms with E-state index in [1.807, 2.05) is 13.2 Å². The van der Waals surface area contributed by atoms with Gasteiger partial charge in [0.05, 0.1) is 11.6 Å². The Balaban J connectivity index is 1.59. The summed E-state index contributed by atoms with van der Waals surface area (Å²) in [7, 11) is 1.90. The summed E-state index contributed by atoms with van der Waals surface area (Å²) in [6, 6.07) is 0. The summed E-state index contributed by atoms with van der Waals surface area (Å²) >= 11 is 0. The Morgan fingerprint density at radius 1 is 1.24 bits per heavy atom. The van der Waals surface area contributed by atoms with Gasteiger partial charge in [-0.3, -0.25) is 4.68 Å². The van der Waals surface area contributed by atoms with Crippen LogP contribution in [0.4, 0.5) is 5.82 Å². The van der Waals surface area contributed by atoms with Gasteiger partial charge >= 0.3 is 0 Å². The molecule has 3 rings (SSSR count). The number of anilines is 1. The lowest BCUT2D eigenvalue weighted by atomic mass is 9.92. The molecule has 0 aliphatic carbocycles. The lowest BCUT2D eigenvalue weighted by Crippen LogP contribution is -2.41. The first-order chi connectivity index (χ1) is 10.1. The van der Waals surface area contributed by atoms with E-state index in [0.29, 0.717) is 0 Å². The maximum absolute atomic E-state index is 4.34. The molecule has 1 aliphatic heterocycles. The largest absolute Gasteiger partial charge is 0.368 e. The Morgan fingerprint density at radius 3 is 2.76 bits per heavy atom. The zero-order valence-electron chi connectivity index (χ0n) is 13.1. The van der Waals surface area contributed by atoms with Crippen molar-refractivity contribution in [2.75, 3.05) is 31.5 Å². The van der Waals surface area contributed by atoms with Crippen LogP contribution in [0.3, 0.4) is 0 Å². The van der Waals surface area contributed by atoms with Crippen molar-refractivity contribution in [2.45, 2.75) is 20.3 Å². The van der Waals surface area contributed by atoms with Crippen LogP contribution in [-0.2, 0) is 7.05 Å². The smallest absolute Gasteiger partial charge is 0.163 e. The molecule has 6 heteroatoms. The first-order valence-corrected chi connectivity index (χ1v) is 7.72. The Morgan fingerprint density at radius 2 is 2.00 bits per heavy atom. The lowest BCUT2D eigenvalue weighted by molar-refractivity contribution is 0.146. The molecule has 0 aromatic carbocycles. The van der Waals surface area contributed by atoms with Gasteiger partial charge in [-0.15, -0.1) is 0 Å². The van der Waals surface area contributed by atoms with Crippen LogP contribution in [0, 0.1) is 11.8 Å². The second kappa shape index (κ2) is 5.97. The fraction of sp³-hybridized carbons (Fsp3) is 0.667. The van der Waals surface area contributed by atoms with Crippen LogP contribution in [0.5, 0.6) is 0 Å². The number of hydrogen-bond donors (Lipinski definition) is 1. The molecule has 1 fully saturated rings. The zero-order chi connectivity index (χ0) is 14.8. The minimum absolute atomic E-state index is 0.804. The molecule has 0 unspecified atom stereocenters. The van der Waals surface area contributed by atoms with Crippen molar-refractivity contribution >= 4 is 16.9 Å². The first-order valence-electron chi connectivity index (χ1n) is 7.72. The maximum atomic E-state index is 4.34. The van der Waals surface area contributed by atoms with Crippen molar-refractivity contribution in [2.24, 2.45) is 18.9 Å². The first kappa shape index (κ1) is 14.3. The number of rotatable bonds is 4. The van der Waals surface area contributed by atoms with Gasteiger partial charge in [-0.2, -0.15) is 5.10 Å². The molecule has 0 radical (unpaired) electrons. The molecule has 1 aliphatic rings. The monoisotopic (exact) mass is 288 g/mol. The molecular weight excluding hydrogens is 264 g/mol. The van der Waals surface area contributed by atoms with Crippen molar-refractivity contribution in [1.82, 2.24) is 24.6 Å². The normalized spacial score (nSPS) is 23.6. The van der Waals surface area contributed by atoms with Crippen LogP contribution in [0.1, 0.15) is 20.3 Å². The molecule has 0 amide bonds. The Bertz CT molecular complexity index is 597. The molecule has 0 bridgehead atoms. The molecule has 21 heavy (non-hydrogen) atoms. The number of aryl methyl sites for hydroxylation is 1. The number of nitrogens with zero attached hydrogens (tertiary/aromatic N) is 5. The molecule has 2 aromatic heterocycles. The average Bonchev–Trinajstić information content (AvgIpc) is 2.81. The fourth-order valence-corrected chi connectivity index (χ4v) is 3.41. The molecule has 2 atom stereocenters. The topological polar surface area (TPSA) is 58.9 Å². The number of likely N-dealkylation sites (tertiary alicyclic amines) is 1. The van der Waals surface area contributed by atoms with Crippen LogP contribution >= 0.6 is 0 Å². The van der Waals surface area contributed by atoms with Crippen LogP contribution < -0.4 is 5.32 Å². The molecule has 1 N–H and O–H groups in total. The quantitative estimate of drug-likeness (QED) is 0.929. The third kappa shape index (κ3) is 3.15. The molecule has 0 saturated carbocycles. The zero-order valence-corrected chi connectivity index (χ0v) is 13.1. The van der Waals surface area contributed by atoms with E-state index in [1.165, 1.54) is 19.5 Å². The van der Waals surface area contributed by atoms with E-state index in [0.717, 1.165) is 41.8 Å². The molecule has 2 aromatic rings. The SMILES string of the molecule is C[C@@H]1C[C@@H](C)CN(CCNc2ncnc3c2cnn3C)C1. The molecule has 6 nitrogen and oxygen atoms in total. The Hall–Kier alpha value is -1.69. The number of hydrogen-bond acceptors (Lipinski definition) is 5. The summed E-state index contributed by atoms with van der Waals surface area (Å²) in [5.41, 5.74) is 0.868. The van der Waals surface area contributed by atoms with Crippen molar-refractivity contribution in [3.8, 4) is 0 Å². The molecule has 3 heterocycles. The highest BCUT2D eigenvalue weighted by atomic mass is 15.3. The van der Waals surface area contributed by atoms with E-state index in [9.17, 15) is 0 Å². The van der Waals surface area contributed by atoms with E-state index in [2.05, 4.69) is 39.1 Å². The number of fused-ring (bicyclic) bond motifs is 1. The minimum Gasteiger partial charge on any atom is -0.368 e. The van der Waals surface area contributed by atoms with Gasteiger partial charge in [0, 0.05) is 33.2 Å². The van der Waals surface area contributed by atoms with Crippen molar-refractivity contribution in [3.05, 3.63) is 12.5 Å². The number of nitrogens with one attached hydrogen (secondary N) is 1. The van der Waals surface area contributed by atoms with Gasteiger partial charge in [0.1, 0.15) is 12.1 Å². The standard InChI is InChI=1S/C15H24N6/c1-11-6-12(2)9-21(8-11)5-4-16-14-13-7-19-20(3)15(13)18-10-17-14/h7,10-12H,4-6,8-9H2,1-3H3,(H,16,17,18)/t11-,12-/m1/s1. The van der Waals surface area contributed by atoms with Crippen LogP contribution in [-0.4, -0.2) is 50.8 Å². The fourth-order valence-electron chi connectivity index (χ4n) is 3.41. The highest BCUT2D eigenvalue weighted by molar-refractivity contribution is 5.85. The van der Waals surface area contributed by atoms with Crippen LogP contribution in [0.25, 0.3) is 11.0 Å². The van der Waals surface area contributed by atoms with Gasteiger partial charge in [-0.25, -0.2) is 9.97 Å². The van der Waals surface area contributed by atoms with E-state index in [4.69, 9.17) is 0 Å². The molecule has 0 spiro atoms. The molecule has 114 valence electrons. The van der Waals surface area contributed by atoms with Crippen molar-refractivity contribution in [3.63, 3.8) is 0 Å². The average molecular weight is 288 g/mol. The molecular formula is C15H24N6.